The molecule has 0 radical (unpaired) electrons. The summed E-state index contributed by atoms with van der Waals surface area (Å²) in [7, 11) is 1.58. The Morgan fingerprint density at radius 1 is 1.15 bits per heavy atom. The molecule has 1 unspecified atom stereocenters. The number of aromatic carboxylic acids is 1. The Morgan fingerprint density at radius 3 is 2.15 bits per heavy atom. The largest absolute Gasteiger partial charge is 0.478 e. The van der Waals surface area contributed by atoms with Crippen molar-refractivity contribution in [1.29, 1.82) is 0 Å². The molecule has 5 nitrogen and oxygen atoms in total. The van der Waals surface area contributed by atoms with E-state index in [-0.39, 0.29) is 5.56 Å². The zero-order valence-electron chi connectivity index (χ0n) is 11.6. The van der Waals surface area contributed by atoms with Crippen molar-refractivity contribution in [3.8, 4) is 0 Å². The van der Waals surface area contributed by atoms with Crippen LogP contribution in [0.25, 0.3) is 0 Å². The van der Waals surface area contributed by atoms with Gasteiger partial charge in [0.15, 0.2) is 5.82 Å². The van der Waals surface area contributed by atoms with Gasteiger partial charge in [0, 0.05) is 7.11 Å². The van der Waals surface area contributed by atoms with Gasteiger partial charge in [0.25, 0.3) is 0 Å². The third kappa shape index (κ3) is 2.67. The van der Waals surface area contributed by atoms with Crippen LogP contribution in [0, 0.1) is 13.8 Å². The van der Waals surface area contributed by atoms with Gasteiger partial charge in [-0.15, -0.1) is 0 Å². The van der Waals surface area contributed by atoms with Crippen molar-refractivity contribution in [3.05, 3.63) is 58.7 Å². The number of methoxy groups -OCH3 is 1. The molecule has 0 aliphatic carbocycles. The standard InChI is InChI=1S/C15H16N2O3/c1-9-12(15(18)19)10(2)17-14(16-9)13(20-3)11-7-5-4-6-8-11/h4-8,13H,1-3H3,(H,18,19). The van der Waals surface area contributed by atoms with E-state index >= 15 is 0 Å². The lowest BCUT2D eigenvalue weighted by atomic mass is 10.1. The smallest absolute Gasteiger partial charge is 0.339 e. The van der Waals surface area contributed by atoms with Crippen molar-refractivity contribution in [3.63, 3.8) is 0 Å². The van der Waals surface area contributed by atoms with E-state index in [0.29, 0.717) is 17.2 Å². The number of rotatable bonds is 4. The van der Waals surface area contributed by atoms with Crippen LogP contribution in [0.15, 0.2) is 30.3 Å². The molecule has 1 aromatic heterocycles. The van der Waals surface area contributed by atoms with Crippen LogP contribution in [0.4, 0.5) is 0 Å². The van der Waals surface area contributed by atoms with Gasteiger partial charge < -0.3 is 9.84 Å². The zero-order valence-corrected chi connectivity index (χ0v) is 11.6. The van der Waals surface area contributed by atoms with Crippen molar-refractivity contribution in [2.75, 3.05) is 7.11 Å². The Morgan fingerprint density at radius 2 is 1.70 bits per heavy atom. The van der Waals surface area contributed by atoms with Crippen molar-refractivity contribution < 1.29 is 14.6 Å². The molecule has 0 saturated heterocycles. The van der Waals surface area contributed by atoms with Gasteiger partial charge in [0.05, 0.1) is 11.4 Å². The average Bonchev–Trinajstić information content (AvgIpc) is 2.39. The molecule has 1 N–H and O–H groups in total. The topological polar surface area (TPSA) is 72.3 Å². The van der Waals surface area contributed by atoms with Crippen LogP contribution in [0.3, 0.4) is 0 Å². The van der Waals surface area contributed by atoms with Gasteiger partial charge in [-0.3, -0.25) is 0 Å². The van der Waals surface area contributed by atoms with Crippen LogP contribution in [0.2, 0.25) is 0 Å². The van der Waals surface area contributed by atoms with Gasteiger partial charge in [0.2, 0.25) is 0 Å². The second-order valence-electron chi connectivity index (χ2n) is 4.46. The maximum atomic E-state index is 11.2. The van der Waals surface area contributed by atoms with E-state index < -0.39 is 12.1 Å². The lowest BCUT2D eigenvalue weighted by Crippen LogP contribution is -2.14. The van der Waals surface area contributed by atoms with E-state index in [1.54, 1.807) is 21.0 Å². The number of hydrogen-bond donors (Lipinski definition) is 1. The normalized spacial score (nSPS) is 12.2. The van der Waals surface area contributed by atoms with E-state index in [1.807, 2.05) is 30.3 Å². The summed E-state index contributed by atoms with van der Waals surface area (Å²) < 4.78 is 5.46. The number of nitrogens with zero attached hydrogens (tertiary/aromatic N) is 2. The van der Waals surface area contributed by atoms with Gasteiger partial charge in [-0.25, -0.2) is 14.8 Å². The number of aromatic nitrogens is 2. The number of benzene rings is 1. The zero-order chi connectivity index (χ0) is 14.7. The quantitative estimate of drug-likeness (QED) is 0.925. The van der Waals surface area contributed by atoms with Gasteiger partial charge >= 0.3 is 5.97 Å². The second-order valence-corrected chi connectivity index (χ2v) is 4.46. The highest BCUT2D eigenvalue weighted by atomic mass is 16.5. The molecule has 1 heterocycles. The van der Waals surface area contributed by atoms with E-state index in [4.69, 9.17) is 9.84 Å². The first-order valence-electron chi connectivity index (χ1n) is 6.20. The molecule has 0 aliphatic heterocycles. The summed E-state index contributed by atoms with van der Waals surface area (Å²) in [6.07, 6.45) is -0.406. The van der Waals surface area contributed by atoms with E-state index in [9.17, 15) is 4.79 Å². The van der Waals surface area contributed by atoms with Gasteiger partial charge in [-0.1, -0.05) is 30.3 Å². The Hall–Kier alpha value is -2.27. The summed E-state index contributed by atoms with van der Waals surface area (Å²) in [5.74, 6) is -0.543. The number of ether oxygens (including phenoxy) is 1. The van der Waals surface area contributed by atoms with Crippen molar-refractivity contribution in [2.24, 2.45) is 0 Å². The average molecular weight is 272 g/mol. The molecule has 1 atom stereocenters. The molecular formula is C15H16N2O3. The van der Waals surface area contributed by atoms with Gasteiger partial charge in [-0.05, 0) is 19.4 Å². The molecule has 0 spiro atoms. The lowest BCUT2D eigenvalue weighted by molar-refractivity contribution is 0.0693. The molecule has 0 bridgehead atoms. The number of aryl methyl sites for hydroxylation is 2. The highest BCUT2D eigenvalue weighted by Crippen LogP contribution is 2.24. The van der Waals surface area contributed by atoms with Crippen LogP contribution < -0.4 is 0 Å². The summed E-state index contributed by atoms with van der Waals surface area (Å²) in [6, 6.07) is 9.58. The number of carbonyl (C=O) groups is 1. The fourth-order valence-corrected chi connectivity index (χ4v) is 2.19. The summed E-state index contributed by atoms with van der Waals surface area (Å²) >= 11 is 0. The Bertz CT molecular complexity index is 603. The molecule has 20 heavy (non-hydrogen) atoms. The second kappa shape index (κ2) is 5.79. The Balaban J connectivity index is 2.49. The maximum Gasteiger partial charge on any atom is 0.339 e. The summed E-state index contributed by atoms with van der Waals surface area (Å²) in [4.78, 5) is 19.7. The van der Waals surface area contributed by atoms with Crippen molar-refractivity contribution in [2.45, 2.75) is 20.0 Å². The van der Waals surface area contributed by atoms with Crippen LogP contribution in [-0.2, 0) is 4.74 Å². The Labute approximate surface area is 117 Å². The van der Waals surface area contributed by atoms with Crippen molar-refractivity contribution >= 4 is 5.97 Å². The van der Waals surface area contributed by atoms with Crippen LogP contribution >= 0.6 is 0 Å². The first kappa shape index (κ1) is 14.1. The van der Waals surface area contributed by atoms with Gasteiger partial charge in [-0.2, -0.15) is 0 Å². The SMILES string of the molecule is COC(c1ccccc1)c1nc(C)c(C(=O)O)c(C)n1. The molecule has 0 saturated carbocycles. The predicted octanol–water partition coefficient (Wildman–Crippen LogP) is 2.53. The molecule has 5 heteroatoms. The highest BCUT2D eigenvalue weighted by molar-refractivity contribution is 5.89. The van der Waals surface area contributed by atoms with Crippen LogP contribution in [0.1, 0.15) is 39.2 Å². The monoisotopic (exact) mass is 272 g/mol. The molecule has 0 fully saturated rings. The fourth-order valence-electron chi connectivity index (χ4n) is 2.19. The number of carboxylic acid groups (broad SMARTS) is 1. The predicted molar refractivity (Wildman–Crippen MR) is 73.8 cm³/mol. The molecule has 1 aromatic carbocycles. The third-order valence-corrected chi connectivity index (χ3v) is 3.07. The molecule has 104 valence electrons. The number of carboxylic acids is 1. The first-order chi connectivity index (χ1) is 9.54. The minimum absolute atomic E-state index is 0.150. The molecule has 2 rings (SSSR count). The molecule has 0 aliphatic rings. The Kier molecular flexibility index (Phi) is 4.10. The third-order valence-electron chi connectivity index (χ3n) is 3.07. The van der Waals surface area contributed by atoms with Crippen molar-refractivity contribution in [1.82, 2.24) is 9.97 Å². The fraction of sp³-hybridized carbons (Fsp3) is 0.267. The van der Waals surface area contributed by atoms with E-state index in [2.05, 4.69) is 9.97 Å². The van der Waals surface area contributed by atoms with Crippen LogP contribution in [0.5, 0.6) is 0 Å². The summed E-state index contributed by atoms with van der Waals surface area (Å²) in [5, 5.41) is 9.14. The van der Waals surface area contributed by atoms with Crippen LogP contribution in [-0.4, -0.2) is 28.2 Å². The van der Waals surface area contributed by atoms with E-state index in [0.717, 1.165) is 5.56 Å². The number of hydrogen-bond acceptors (Lipinski definition) is 4. The highest BCUT2D eigenvalue weighted by Gasteiger charge is 2.21. The minimum Gasteiger partial charge on any atom is -0.478 e. The summed E-state index contributed by atoms with van der Waals surface area (Å²) in [5.41, 5.74) is 1.96. The lowest BCUT2D eigenvalue weighted by Gasteiger charge is -2.16. The molecule has 2 aromatic rings. The molecule has 0 amide bonds. The first-order valence-corrected chi connectivity index (χ1v) is 6.20. The van der Waals surface area contributed by atoms with E-state index in [1.165, 1.54) is 0 Å². The minimum atomic E-state index is -1.01. The molecular weight excluding hydrogens is 256 g/mol. The van der Waals surface area contributed by atoms with Gasteiger partial charge in [0.1, 0.15) is 11.7 Å². The summed E-state index contributed by atoms with van der Waals surface area (Å²) in [6.45, 7) is 3.33. The maximum absolute atomic E-state index is 11.2.